The molecular weight excluding hydrogens is 120 g/mol. The van der Waals surface area contributed by atoms with Crippen LogP contribution in [0.1, 0.15) is 0 Å². The molecule has 0 fully saturated rings. The lowest BCUT2D eigenvalue weighted by Crippen LogP contribution is -1.56. The summed E-state index contributed by atoms with van der Waals surface area (Å²) < 4.78 is 3.61. The molecule has 0 aliphatic carbocycles. The number of hydrogen-bond donors (Lipinski definition) is 0. The van der Waals surface area contributed by atoms with Crippen LogP contribution in [-0.2, 0) is 0 Å². The molecule has 0 N–H and O–H groups in total. The van der Waals surface area contributed by atoms with Crippen molar-refractivity contribution < 1.29 is 0 Å². The molecule has 32 valence electrons. The SMILES string of the molecule is Clc1ncsn1. The summed E-state index contributed by atoms with van der Waals surface area (Å²) in [7, 11) is 0. The molecule has 1 rings (SSSR count). The number of aromatic nitrogens is 2. The zero-order valence-corrected chi connectivity index (χ0v) is 4.33. The molecule has 0 aliphatic rings. The van der Waals surface area contributed by atoms with E-state index in [1.807, 2.05) is 0 Å². The summed E-state index contributed by atoms with van der Waals surface area (Å²) >= 11 is 6.49. The van der Waals surface area contributed by atoms with Crippen LogP contribution in [0.2, 0.25) is 5.28 Å². The van der Waals surface area contributed by atoms with Gasteiger partial charge in [0.2, 0.25) is 5.28 Å². The first-order valence-electron chi connectivity index (χ1n) is 1.31. The average molecular weight is 121 g/mol. The summed E-state index contributed by atoms with van der Waals surface area (Å²) in [6.45, 7) is 0. The molecule has 0 radical (unpaired) electrons. The molecule has 0 aromatic carbocycles. The summed E-state index contributed by atoms with van der Waals surface area (Å²) in [5.74, 6) is 0. The lowest BCUT2D eigenvalue weighted by molar-refractivity contribution is 1.33. The van der Waals surface area contributed by atoms with Crippen molar-refractivity contribution in [3.8, 4) is 0 Å². The van der Waals surface area contributed by atoms with Crippen LogP contribution in [0.15, 0.2) is 5.51 Å². The topological polar surface area (TPSA) is 25.8 Å². The highest BCUT2D eigenvalue weighted by atomic mass is 35.5. The van der Waals surface area contributed by atoms with E-state index in [-0.39, 0.29) is 0 Å². The van der Waals surface area contributed by atoms with Gasteiger partial charge in [-0.3, -0.25) is 0 Å². The van der Waals surface area contributed by atoms with Crippen LogP contribution in [-0.4, -0.2) is 9.36 Å². The summed E-state index contributed by atoms with van der Waals surface area (Å²) in [6, 6.07) is 0. The minimum Gasteiger partial charge on any atom is -0.213 e. The maximum Gasteiger partial charge on any atom is 0.234 e. The van der Waals surface area contributed by atoms with Crippen molar-refractivity contribution in [2.75, 3.05) is 0 Å². The number of rotatable bonds is 0. The van der Waals surface area contributed by atoms with Gasteiger partial charge in [0.15, 0.2) is 0 Å². The van der Waals surface area contributed by atoms with E-state index in [0.29, 0.717) is 5.28 Å². The molecule has 0 unspecified atom stereocenters. The standard InChI is InChI=1S/C2HClN2S/c3-2-4-1-6-5-2/h1H. The minimum atomic E-state index is 0.333. The monoisotopic (exact) mass is 120 g/mol. The van der Waals surface area contributed by atoms with Gasteiger partial charge in [-0.05, 0) is 23.1 Å². The first-order chi connectivity index (χ1) is 2.89. The molecule has 1 aromatic heterocycles. The second-order valence-electron chi connectivity index (χ2n) is 0.700. The van der Waals surface area contributed by atoms with Crippen LogP contribution in [0.5, 0.6) is 0 Å². The number of halogens is 1. The van der Waals surface area contributed by atoms with Gasteiger partial charge in [0.1, 0.15) is 5.51 Å². The van der Waals surface area contributed by atoms with Gasteiger partial charge in [0.25, 0.3) is 0 Å². The highest BCUT2D eigenvalue weighted by Gasteiger charge is 1.81. The predicted octanol–water partition coefficient (Wildman–Crippen LogP) is 1.19. The Kier molecular flexibility index (Phi) is 1.03. The number of hydrogen-bond acceptors (Lipinski definition) is 3. The van der Waals surface area contributed by atoms with Crippen LogP contribution in [0, 0.1) is 0 Å². The van der Waals surface area contributed by atoms with Crippen LogP contribution >= 0.6 is 23.1 Å². The van der Waals surface area contributed by atoms with Crippen LogP contribution in [0.4, 0.5) is 0 Å². The summed E-state index contributed by atoms with van der Waals surface area (Å²) in [5.41, 5.74) is 1.59. The third-order valence-electron chi connectivity index (χ3n) is 0.334. The smallest absolute Gasteiger partial charge is 0.213 e. The van der Waals surface area contributed by atoms with Crippen molar-refractivity contribution in [3.05, 3.63) is 10.8 Å². The van der Waals surface area contributed by atoms with Crippen LogP contribution in [0.3, 0.4) is 0 Å². The maximum absolute atomic E-state index is 5.24. The van der Waals surface area contributed by atoms with E-state index in [1.165, 1.54) is 11.5 Å². The normalized spacial score (nSPS) is 8.83. The molecule has 1 heterocycles. The molecule has 0 atom stereocenters. The van der Waals surface area contributed by atoms with Crippen molar-refractivity contribution in [2.24, 2.45) is 0 Å². The Morgan fingerprint density at radius 1 is 1.83 bits per heavy atom. The van der Waals surface area contributed by atoms with E-state index in [4.69, 9.17) is 11.6 Å². The highest BCUT2D eigenvalue weighted by molar-refractivity contribution is 7.03. The second kappa shape index (κ2) is 1.53. The Hall–Kier alpha value is -0.150. The van der Waals surface area contributed by atoms with Crippen molar-refractivity contribution >= 4 is 23.1 Å². The summed E-state index contributed by atoms with van der Waals surface area (Å²) in [6.07, 6.45) is 0. The fourth-order valence-electron chi connectivity index (χ4n) is 0.158. The summed E-state index contributed by atoms with van der Waals surface area (Å²) in [4.78, 5) is 3.59. The highest BCUT2D eigenvalue weighted by Crippen LogP contribution is 1.98. The van der Waals surface area contributed by atoms with E-state index in [0.717, 1.165) is 0 Å². The Balaban J connectivity index is 3.05. The molecule has 0 saturated carbocycles. The van der Waals surface area contributed by atoms with Gasteiger partial charge in [0, 0.05) is 0 Å². The van der Waals surface area contributed by atoms with Crippen molar-refractivity contribution in [3.63, 3.8) is 0 Å². The molecule has 1 aromatic rings. The molecule has 0 aliphatic heterocycles. The van der Waals surface area contributed by atoms with Gasteiger partial charge < -0.3 is 0 Å². The van der Waals surface area contributed by atoms with Gasteiger partial charge in [-0.25, -0.2) is 4.98 Å². The molecule has 6 heavy (non-hydrogen) atoms. The third-order valence-corrected chi connectivity index (χ3v) is 1.09. The van der Waals surface area contributed by atoms with Gasteiger partial charge in [-0.15, -0.1) is 0 Å². The third kappa shape index (κ3) is 0.666. The molecule has 0 amide bonds. The van der Waals surface area contributed by atoms with E-state index in [2.05, 4.69) is 9.36 Å². The van der Waals surface area contributed by atoms with Crippen molar-refractivity contribution in [2.45, 2.75) is 0 Å². The first kappa shape index (κ1) is 4.02. The van der Waals surface area contributed by atoms with Gasteiger partial charge in [0.05, 0.1) is 0 Å². The van der Waals surface area contributed by atoms with Crippen molar-refractivity contribution in [1.82, 2.24) is 9.36 Å². The lowest BCUT2D eigenvalue weighted by atomic mass is 11.3. The summed E-state index contributed by atoms with van der Waals surface area (Å²) in [5, 5.41) is 0.333. The Labute approximate surface area is 44.0 Å². The Morgan fingerprint density at radius 3 is 2.83 bits per heavy atom. The molecule has 4 heteroatoms. The van der Waals surface area contributed by atoms with Gasteiger partial charge in [-0.2, -0.15) is 4.37 Å². The lowest BCUT2D eigenvalue weighted by Gasteiger charge is -1.59. The average Bonchev–Trinajstić information content (AvgIpc) is 1.86. The van der Waals surface area contributed by atoms with E-state index in [9.17, 15) is 0 Å². The zero-order valence-electron chi connectivity index (χ0n) is 2.76. The fraction of sp³-hybridized carbons (Fsp3) is 0. The molecule has 0 saturated heterocycles. The second-order valence-corrected chi connectivity index (χ2v) is 1.64. The molecule has 0 bridgehead atoms. The zero-order chi connectivity index (χ0) is 4.41. The van der Waals surface area contributed by atoms with Crippen LogP contribution in [0.25, 0.3) is 0 Å². The van der Waals surface area contributed by atoms with Gasteiger partial charge >= 0.3 is 0 Å². The Bertz CT molecular complexity index is 115. The Morgan fingerprint density at radius 2 is 2.67 bits per heavy atom. The van der Waals surface area contributed by atoms with Crippen molar-refractivity contribution in [1.29, 1.82) is 0 Å². The molecular formula is C2HClN2S. The number of nitrogens with zero attached hydrogens (tertiary/aromatic N) is 2. The predicted molar refractivity (Wildman–Crippen MR) is 24.9 cm³/mol. The quantitative estimate of drug-likeness (QED) is 0.514. The largest absolute Gasteiger partial charge is 0.234 e. The molecule has 0 spiro atoms. The first-order valence-corrected chi connectivity index (χ1v) is 2.53. The maximum atomic E-state index is 5.24. The van der Waals surface area contributed by atoms with Gasteiger partial charge in [-0.1, -0.05) is 0 Å². The van der Waals surface area contributed by atoms with E-state index >= 15 is 0 Å². The van der Waals surface area contributed by atoms with Crippen LogP contribution < -0.4 is 0 Å². The molecule has 2 nitrogen and oxygen atoms in total. The van der Waals surface area contributed by atoms with E-state index in [1.54, 1.807) is 5.51 Å². The minimum absolute atomic E-state index is 0.333. The van der Waals surface area contributed by atoms with E-state index < -0.39 is 0 Å². The fourth-order valence-corrected chi connectivity index (χ4v) is 0.712.